The molecule has 3 fully saturated rings. The highest BCUT2D eigenvalue weighted by Gasteiger charge is 2.55. The smallest absolute Gasteiger partial charge is 0.439 e. The third-order valence-corrected chi connectivity index (χ3v) is 10.1. The fourth-order valence-corrected chi connectivity index (χ4v) is 7.86. The lowest BCUT2D eigenvalue weighted by atomic mass is 9.79. The van der Waals surface area contributed by atoms with E-state index in [1.54, 1.807) is 13.3 Å². The predicted molar refractivity (Wildman–Crippen MR) is 157 cm³/mol. The predicted octanol–water partition coefficient (Wildman–Crippen LogP) is 4.11. The number of aromatic nitrogens is 3. The van der Waals surface area contributed by atoms with E-state index in [0.717, 1.165) is 55.5 Å². The molecule has 5 aliphatic rings. The van der Waals surface area contributed by atoms with E-state index in [0.29, 0.717) is 29.0 Å². The van der Waals surface area contributed by atoms with Crippen molar-refractivity contribution in [2.24, 2.45) is 21.8 Å². The molecule has 2 aromatic heterocycles. The van der Waals surface area contributed by atoms with Crippen molar-refractivity contribution in [3.63, 3.8) is 0 Å². The number of nitrogens with one attached hydrogen (secondary N) is 1. The number of allylic oxidation sites excluding steroid dienone is 1. The maximum Gasteiger partial charge on any atom is 0.439 e. The first kappa shape index (κ1) is 27.6. The summed E-state index contributed by atoms with van der Waals surface area (Å²) in [7, 11) is 1.61. The minimum atomic E-state index is -0.880. The molecule has 1 saturated heterocycles. The first-order chi connectivity index (χ1) is 20.4. The van der Waals surface area contributed by atoms with Gasteiger partial charge in [0, 0.05) is 31.0 Å². The summed E-state index contributed by atoms with van der Waals surface area (Å²) in [4.78, 5) is 34.8. The zero-order chi connectivity index (χ0) is 29.0. The summed E-state index contributed by atoms with van der Waals surface area (Å²) in [6.45, 7) is 6.75. The van der Waals surface area contributed by atoms with Crippen LogP contribution in [0, 0.1) is 11.8 Å². The minimum absolute atomic E-state index is 0.197. The highest BCUT2D eigenvalue weighted by atomic mass is 35.5. The third-order valence-electron chi connectivity index (χ3n) is 9.86. The van der Waals surface area contributed by atoms with Crippen LogP contribution in [0.3, 0.4) is 0 Å². The Morgan fingerprint density at radius 3 is 2.76 bits per heavy atom. The molecule has 7 rings (SSSR count). The van der Waals surface area contributed by atoms with Gasteiger partial charge in [-0.15, -0.1) is 0 Å². The summed E-state index contributed by atoms with van der Waals surface area (Å²) in [5, 5.41) is 4.51. The van der Waals surface area contributed by atoms with Crippen LogP contribution in [0.5, 0.6) is 0 Å². The monoisotopic (exact) mass is 595 g/mol. The summed E-state index contributed by atoms with van der Waals surface area (Å²) in [6.07, 6.45) is 11.8. The van der Waals surface area contributed by atoms with Gasteiger partial charge in [0.1, 0.15) is 23.0 Å². The first-order valence-electron chi connectivity index (χ1n) is 15.1. The molecule has 1 N–H and O–H groups in total. The van der Waals surface area contributed by atoms with E-state index in [1.807, 2.05) is 12.3 Å². The zero-order valence-corrected chi connectivity index (χ0v) is 25.1. The van der Waals surface area contributed by atoms with Crippen LogP contribution < -0.4 is 5.76 Å². The number of ether oxygens (including phenoxy) is 2. The third kappa shape index (κ3) is 4.65. The zero-order valence-electron chi connectivity index (χ0n) is 24.4. The molecule has 5 heterocycles. The maximum absolute atomic E-state index is 12.0. The van der Waals surface area contributed by atoms with Gasteiger partial charge in [-0.25, -0.2) is 9.79 Å². The van der Waals surface area contributed by atoms with Crippen molar-refractivity contribution < 1.29 is 14.0 Å². The van der Waals surface area contributed by atoms with Gasteiger partial charge in [-0.1, -0.05) is 36.5 Å². The molecule has 2 aromatic rings. The van der Waals surface area contributed by atoms with Gasteiger partial charge in [-0.3, -0.25) is 19.5 Å². The van der Waals surface area contributed by atoms with E-state index < -0.39 is 11.3 Å². The molecule has 0 aromatic carbocycles. The normalized spacial score (nSPS) is 32.9. The fraction of sp³-hybridized carbons (Fsp3) is 0.633. The van der Waals surface area contributed by atoms with Gasteiger partial charge in [0.05, 0.1) is 30.9 Å². The number of hydrogen-bond acceptors (Lipinski definition) is 10. The number of nitrogens with zero attached hydrogens (tertiary/aromatic N) is 6. The van der Waals surface area contributed by atoms with Crippen LogP contribution >= 0.6 is 11.6 Å². The van der Waals surface area contributed by atoms with E-state index in [2.05, 4.69) is 38.8 Å². The molecular weight excluding hydrogens is 558 g/mol. The van der Waals surface area contributed by atoms with Crippen molar-refractivity contribution in [2.75, 3.05) is 26.8 Å². The highest BCUT2D eigenvalue weighted by molar-refractivity contribution is 6.30. The maximum atomic E-state index is 12.0. The fourth-order valence-electron chi connectivity index (χ4n) is 7.69. The highest BCUT2D eigenvalue weighted by Crippen LogP contribution is 2.47. The van der Waals surface area contributed by atoms with E-state index in [-0.39, 0.29) is 24.0 Å². The van der Waals surface area contributed by atoms with Gasteiger partial charge in [-0.05, 0) is 56.9 Å². The van der Waals surface area contributed by atoms with Crippen LogP contribution in [-0.2, 0) is 15.0 Å². The number of aromatic amines is 1. The molecule has 224 valence electrons. The van der Waals surface area contributed by atoms with Crippen molar-refractivity contribution >= 4 is 23.3 Å². The molecule has 12 heteroatoms. The Bertz CT molecular complexity index is 1490. The van der Waals surface area contributed by atoms with E-state index in [1.165, 1.54) is 25.7 Å². The lowest BCUT2D eigenvalue weighted by Crippen LogP contribution is -2.59. The molecule has 0 spiro atoms. The van der Waals surface area contributed by atoms with Crippen LogP contribution in [0.2, 0.25) is 5.02 Å². The summed E-state index contributed by atoms with van der Waals surface area (Å²) in [5.74, 6) is 2.26. The average Bonchev–Trinajstić information content (AvgIpc) is 3.73. The van der Waals surface area contributed by atoms with E-state index >= 15 is 0 Å². The Kier molecular flexibility index (Phi) is 7.12. The topological polar surface area (TPSA) is 121 Å². The number of morpholine rings is 1. The Morgan fingerprint density at radius 1 is 1.19 bits per heavy atom. The summed E-state index contributed by atoms with van der Waals surface area (Å²) < 4.78 is 17.1. The molecule has 3 aliphatic heterocycles. The van der Waals surface area contributed by atoms with Crippen molar-refractivity contribution in [2.45, 2.75) is 82.5 Å². The van der Waals surface area contributed by atoms with Crippen LogP contribution in [0.4, 0.5) is 0 Å². The molecule has 2 aliphatic carbocycles. The number of aliphatic imine (C=N–C) groups is 2. The first-order valence-corrected chi connectivity index (χ1v) is 15.5. The number of hydrogen-bond donors (Lipinski definition) is 1. The van der Waals surface area contributed by atoms with Gasteiger partial charge in [0.15, 0.2) is 5.76 Å². The van der Waals surface area contributed by atoms with Crippen molar-refractivity contribution in [3.8, 4) is 0 Å². The van der Waals surface area contributed by atoms with Crippen LogP contribution in [0.1, 0.15) is 70.2 Å². The summed E-state index contributed by atoms with van der Waals surface area (Å²) in [6, 6.07) is 1.91. The molecule has 11 nitrogen and oxygen atoms in total. The van der Waals surface area contributed by atoms with E-state index in [4.69, 9.17) is 35.6 Å². The number of H-pyrrole nitrogens is 1. The average molecular weight is 596 g/mol. The van der Waals surface area contributed by atoms with Gasteiger partial charge < -0.3 is 19.3 Å². The van der Waals surface area contributed by atoms with Crippen molar-refractivity contribution in [1.29, 1.82) is 0 Å². The molecule has 42 heavy (non-hydrogen) atoms. The Balaban J connectivity index is 1.40. The summed E-state index contributed by atoms with van der Waals surface area (Å²) >= 11 is 6.51. The number of methoxy groups -OCH3 is 1. The van der Waals surface area contributed by atoms with Crippen LogP contribution in [0.15, 0.2) is 49.2 Å². The Hall–Kier alpha value is -3.18. The van der Waals surface area contributed by atoms with Gasteiger partial charge in [-0.2, -0.15) is 0 Å². The van der Waals surface area contributed by atoms with Crippen molar-refractivity contribution in [1.82, 2.24) is 24.9 Å². The largest absolute Gasteiger partial charge is 0.492 e. The van der Waals surface area contributed by atoms with Crippen LogP contribution in [-0.4, -0.2) is 81.6 Å². The van der Waals surface area contributed by atoms with Crippen molar-refractivity contribution in [3.05, 3.63) is 56.9 Å². The second-order valence-electron chi connectivity index (χ2n) is 12.6. The van der Waals surface area contributed by atoms with Gasteiger partial charge >= 0.3 is 5.76 Å². The number of guanidine groups is 1. The second kappa shape index (κ2) is 10.8. The molecular formula is C30H38ClN7O4. The number of rotatable bonds is 5. The molecule has 1 unspecified atom stereocenters. The molecule has 0 radical (unpaired) electrons. The lowest BCUT2D eigenvalue weighted by molar-refractivity contribution is -0.0342. The number of fused-ring (bicyclic) bond motifs is 2. The van der Waals surface area contributed by atoms with Gasteiger partial charge in [0.25, 0.3) is 0 Å². The van der Waals surface area contributed by atoms with Gasteiger partial charge in [0.2, 0.25) is 11.8 Å². The Morgan fingerprint density at radius 2 is 2.02 bits per heavy atom. The number of dihydropyridines is 1. The number of pyridine rings is 1. The lowest BCUT2D eigenvalue weighted by Gasteiger charge is -2.47. The number of halogens is 1. The minimum Gasteiger partial charge on any atom is -0.492 e. The Labute approximate surface area is 250 Å². The molecule has 0 amide bonds. The van der Waals surface area contributed by atoms with Crippen LogP contribution in [0.25, 0.3) is 0 Å². The SMILES string of the molecule is COC1=C2N=C(N3CCO[C@@H]4CCC[C@H]43)N(CC3CCC(C)CC3)C2[C@@](C)(c2cncc(Cl)c2)N=C1c1noc(=O)[nH]1. The standard InChI is InChI=1S/C30H38ClN7O4/c1-17-7-9-18(10-8-17)16-38-26-23(33-28(38)37-11-12-41-22-6-4-5-21(22)37)25(40-3)24(27-34-29(39)42-36-27)35-30(26,2)19-13-20(31)15-32-14-19/h13-15,17-18,21-22,26H,4-12,16H2,1-3H3,(H,34,36,39)/t17?,18?,21-,22-,26?,30-/m1/s1. The van der Waals surface area contributed by atoms with E-state index in [9.17, 15) is 4.79 Å². The summed E-state index contributed by atoms with van der Waals surface area (Å²) in [5.41, 5.74) is 1.10. The molecule has 4 atom stereocenters. The molecule has 0 bridgehead atoms. The quantitative estimate of drug-likeness (QED) is 0.548. The molecule has 2 saturated carbocycles. The second-order valence-corrected chi connectivity index (χ2v) is 13.0.